The highest BCUT2D eigenvalue weighted by Gasteiger charge is 2.35. The second-order valence-electron chi connectivity index (χ2n) is 8.17. The highest BCUT2D eigenvalue weighted by molar-refractivity contribution is 7.99. The number of sulfonamides is 1. The molecule has 2 aliphatic rings. The Kier molecular flexibility index (Phi) is 5.81. The van der Waals surface area contributed by atoms with E-state index >= 15 is 0 Å². The number of benzene rings is 1. The molecule has 0 saturated carbocycles. The van der Waals surface area contributed by atoms with Gasteiger partial charge in [0.1, 0.15) is 9.77 Å². The number of carbonyl (C=O) groups is 1. The molecule has 5 nitrogen and oxygen atoms in total. The smallest absolute Gasteiger partial charge is 0.263 e. The fourth-order valence-electron chi connectivity index (χ4n) is 4.18. The fraction of sp³-hybridized carbons (Fsp3) is 0.476. The Hall–Kier alpha value is -1.35. The molecule has 0 bridgehead atoms. The van der Waals surface area contributed by atoms with E-state index < -0.39 is 10.0 Å². The van der Waals surface area contributed by atoms with Crippen molar-refractivity contribution in [2.24, 2.45) is 0 Å². The second-order valence-corrected chi connectivity index (χ2v) is 12.2. The van der Waals surface area contributed by atoms with E-state index in [1.54, 1.807) is 23.2 Å². The van der Waals surface area contributed by atoms with E-state index in [-0.39, 0.29) is 27.1 Å². The number of thiophene rings is 1. The number of amides is 1. The van der Waals surface area contributed by atoms with Crippen LogP contribution in [0.4, 0.5) is 0 Å². The van der Waals surface area contributed by atoms with Crippen molar-refractivity contribution < 1.29 is 13.2 Å². The maximum Gasteiger partial charge on any atom is 0.263 e. The lowest BCUT2D eigenvalue weighted by atomic mass is 9.71. The molecule has 8 heteroatoms. The predicted octanol–water partition coefficient (Wildman–Crippen LogP) is 4.03. The largest absolute Gasteiger partial charge is 0.344 e. The van der Waals surface area contributed by atoms with Gasteiger partial charge in [0.25, 0.3) is 5.91 Å². The van der Waals surface area contributed by atoms with E-state index in [1.165, 1.54) is 21.2 Å². The van der Waals surface area contributed by atoms with Gasteiger partial charge in [-0.25, -0.2) is 8.42 Å². The first-order valence-corrected chi connectivity index (χ1v) is 13.3. The Balaban J connectivity index is 1.59. The molecule has 2 aromatic rings. The molecule has 2 heterocycles. The van der Waals surface area contributed by atoms with Gasteiger partial charge in [-0.3, -0.25) is 4.79 Å². The zero-order valence-electron chi connectivity index (χ0n) is 16.7. The quantitative estimate of drug-likeness (QED) is 0.764. The van der Waals surface area contributed by atoms with Crippen molar-refractivity contribution in [3.8, 4) is 0 Å². The normalized spacial score (nSPS) is 22.1. The summed E-state index contributed by atoms with van der Waals surface area (Å²) in [5.74, 6) is 1.28. The van der Waals surface area contributed by atoms with Gasteiger partial charge in [-0.15, -0.1) is 11.3 Å². The summed E-state index contributed by atoms with van der Waals surface area (Å²) in [7, 11) is -3.64. The molecular formula is C21H26N2O3S3. The van der Waals surface area contributed by atoms with Crippen molar-refractivity contribution in [3.05, 3.63) is 51.7 Å². The first kappa shape index (κ1) is 20.9. The Morgan fingerprint density at radius 2 is 1.90 bits per heavy atom. The average Bonchev–Trinajstić information content (AvgIpc) is 3.22. The summed E-state index contributed by atoms with van der Waals surface area (Å²) < 4.78 is 27.7. The van der Waals surface area contributed by atoms with Crippen molar-refractivity contribution in [3.63, 3.8) is 0 Å². The zero-order valence-corrected chi connectivity index (χ0v) is 19.1. The lowest BCUT2D eigenvalue weighted by Crippen LogP contribution is -2.39. The molecule has 0 spiro atoms. The van der Waals surface area contributed by atoms with Gasteiger partial charge >= 0.3 is 0 Å². The van der Waals surface area contributed by atoms with Gasteiger partial charge in [-0.1, -0.05) is 38.1 Å². The maximum atomic E-state index is 13.1. The summed E-state index contributed by atoms with van der Waals surface area (Å²) in [6, 6.07) is 9.69. The maximum absolute atomic E-state index is 13.1. The van der Waals surface area contributed by atoms with Crippen LogP contribution in [0, 0.1) is 0 Å². The minimum absolute atomic E-state index is 0.0710. The summed E-state index contributed by atoms with van der Waals surface area (Å²) in [4.78, 5) is 13.5. The number of rotatable bonds is 4. The van der Waals surface area contributed by atoms with Crippen molar-refractivity contribution in [1.29, 1.82) is 0 Å². The van der Waals surface area contributed by atoms with Crippen molar-refractivity contribution in [2.45, 2.75) is 43.0 Å². The number of carbonyl (C=O) groups excluding carboxylic acids is 1. The Bertz CT molecular complexity index is 1010. The SMILES string of the molecule is CC1(C)CCC(NC(=O)c2sccc2S(=O)(=O)N2CCSCC2)c2ccccc21. The number of hydrogen-bond acceptors (Lipinski definition) is 5. The average molecular weight is 451 g/mol. The summed E-state index contributed by atoms with van der Waals surface area (Å²) >= 11 is 2.95. The van der Waals surface area contributed by atoms with Crippen LogP contribution in [0.15, 0.2) is 40.6 Å². The van der Waals surface area contributed by atoms with Gasteiger partial charge in [0.2, 0.25) is 10.0 Å². The number of thioether (sulfide) groups is 1. The van der Waals surface area contributed by atoms with Crippen LogP contribution in [0.3, 0.4) is 0 Å². The number of hydrogen-bond donors (Lipinski definition) is 1. The van der Waals surface area contributed by atoms with E-state index in [1.807, 2.05) is 12.1 Å². The van der Waals surface area contributed by atoms with Crippen molar-refractivity contribution >= 4 is 39.0 Å². The zero-order chi connectivity index (χ0) is 20.6. The van der Waals surface area contributed by atoms with Gasteiger partial charge < -0.3 is 5.32 Å². The Morgan fingerprint density at radius 1 is 1.17 bits per heavy atom. The van der Waals surface area contributed by atoms with E-state index in [4.69, 9.17) is 0 Å². The summed E-state index contributed by atoms with van der Waals surface area (Å²) in [5, 5.41) is 4.81. The lowest BCUT2D eigenvalue weighted by Gasteiger charge is -2.37. The van der Waals surface area contributed by atoms with E-state index in [2.05, 4.69) is 31.3 Å². The monoisotopic (exact) mass is 450 g/mol. The molecule has 1 saturated heterocycles. The second kappa shape index (κ2) is 8.06. The van der Waals surface area contributed by atoms with Crippen LogP contribution in [0.2, 0.25) is 0 Å². The number of nitrogens with zero attached hydrogens (tertiary/aromatic N) is 1. The molecule has 1 amide bonds. The third kappa shape index (κ3) is 4.00. The number of nitrogens with one attached hydrogen (secondary N) is 1. The van der Waals surface area contributed by atoms with Crippen molar-refractivity contribution in [1.82, 2.24) is 9.62 Å². The van der Waals surface area contributed by atoms with Gasteiger partial charge in [-0.05, 0) is 40.8 Å². The molecule has 1 aromatic carbocycles. The number of fused-ring (bicyclic) bond motifs is 1. The van der Waals surface area contributed by atoms with Crippen LogP contribution in [0.5, 0.6) is 0 Å². The van der Waals surface area contributed by atoms with Gasteiger partial charge in [0, 0.05) is 24.6 Å². The molecule has 1 N–H and O–H groups in total. The highest BCUT2D eigenvalue weighted by atomic mass is 32.2. The fourth-order valence-corrected chi connectivity index (χ4v) is 8.06. The van der Waals surface area contributed by atoms with Crippen molar-refractivity contribution in [2.75, 3.05) is 24.6 Å². The molecule has 4 rings (SSSR count). The molecule has 1 atom stereocenters. The van der Waals surface area contributed by atoms with Gasteiger partial charge in [0.15, 0.2) is 0 Å². The molecule has 0 radical (unpaired) electrons. The molecule has 156 valence electrons. The molecule has 1 aromatic heterocycles. The molecule has 1 aliphatic heterocycles. The van der Waals surface area contributed by atoms with E-state index in [0.717, 1.165) is 29.9 Å². The first-order valence-electron chi connectivity index (χ1n) is 9.86. The summed E-state index contributed by atoms with van der Waals surface area (Å²) in [6.45, 7) is 5.44. The third-order valence-electron chi connectivity index (χ3n) is 5.85. The molecule has 1 unspecified atom stereocenters. The first-order chi connectivity index (χ1) is 13.8. The minimum atomic E-state index is -3.64. The predicted molar refractivity (Wildman–Crippen MR) is 119 cm³/mol. The molecule has 29 heavy (non-hydrogen) atoms. The molecule has 1 fully saturated rings. The lowest BCUT2D eigenvalue weighted by molar-refractivity contribution is 0.0930. The molecular weight excluding hydrogens is 424 g/mol. The summed E-state index contributed by atoms with van der Waals surface area (Å²) in [6.07, 6.45) is 1.81. The van der Waals surface area contributed by atoms with Gasteiger partial charge in [-0.2, -0.15) is 16.1 Å². The van der Waals surface area contributed by atoms with Crippen LogP contribution in [-0.4, -0.2) is 43.2 Å². The van der Waals surface area contributed by atoms with E-state index in [9.17, 15) is 13.2 Å². The highest BCUT2D eigenvalue weighted by Crippen LogP contribution is 2.41. The van der Waals surface area contributed by atoms with E-state index in [0.29, 0.717) is 13.1 Å². The van der Waals surface area contributed by atoms with Crippen LogP contribution in [-0.2, 0) is 15.4 Å². The summed E-state index contributed by atoms with van der Waals surface area (Å²) in [5.41, 5.74) is 2.45. The van der Waals surface area contributed by atoms with Crippen LogP contribution in [0.1, 0.15) is 53.5 Å². The topological polar surface area (TPSA) is 66.5 Å². The standard InChI is InChI=1S/C21H26N2O3S3/c1-21(2)9-7-17(15-5-3-4-6-16(15)21)22-20(24)19-18(8-12-28-19)29(25,26)23-10-13-27-14-11-23/h3-6,8,12,17H,7,9-11,13-14H2,1-2H3,(H,22,24). The minimum Gasteiger partial charge on any atom is -0.344 e. The van der Waals surface area contributed by atoms with Crippen LogP contribution >= 0.6 is 23.1 Å². The third-order valence-corrected chi connectivity index (χ3v) is 9.78. The van der Waals surface area contributed by atoms with Crippen LogP contribution < -0.4 is 5.32 Å². The Morgan fingerprint density at radius 3 is 2.66 bits per heavy atom. The van der Waals surface area contributed by atoms with Gasteiger partial charge in [0.05, 0.1) is 6.04 Å². The van der Waals surface area contributed by atoms with Crippen LogP contribution in [0.25, 0.3) is 0 Å². The molecule has 1 aliphatic carbocycles. The Labute approximate surface area is 180 Å².